The number of hydrogen-bond donors (Lipinski definition) is 1. The minimum atomic E-state index is -0.390. The fourth-order valence-corrected chi connectivity index (χ4v) is 4.79. The van der Waals surface area contributed by atoms with Crippen molar-refractivity contribution in [1.82, 2.24) is 19.9 Å². The van der Waals surface area contributed by atoms with Crippen LogP contribution < -0.4 is 15.0 Å². The maximum Gasteiger partial charge on any atom is 0.234 e. The molecule has 1 N–H and O–H groups in total. The average Bonchev–Trinajstić information content (AvgIpc) is 3.39. The highest BCUT2D eigenvalue weighted by atomic mass is 32.1. The predicted octanol–water partition coefficient (Wildman–Crippen LogP) is 4.88. The summed E-state index contributed by atoms with van der Waals surface area (Å²) < 4.78 is 20.8. The third-order valence-electron chi connectivity index (χ3n) is 5.92. The highest BCUT2D eigenvalue weighted by Gasteiger charge is 2.20. The van der Waals surface area contributed by atoms with Gasteiger partial charge in [0, 0.05) is 43.3 Å². The van der Waals surface area contributed by atoms with Gasteiger partial charge in [-0.1, -0.05) is 18.6 Å². The molecule has 5 rings (SSSR count). The summed E-state index contributed by atoms with van der Waals surface area (Å²) in [5.41, 5.74) is 3.18. The van der Waals surface area contributed by atoms with Crippen LogP contribution in [0.3, 0.4) is 0 Å². The molecule has 33 heavy (non-hydrogen) atoms. The zero-order chi connectivity index (χ0) is 22.9. The van der Waals surface area contributed by atoms with Crippen LogP contribution in [0.15, 0.2) is 30.0 Å². The summed E-state index contributed by atoms with van der Waals surface area (Å²) in [6.45, 7) is 7.73. The molecule has 3 aromatic rings. The van der Waals surface area contributed by atoms with Crippen molar-refractivity contribution in [3.05, 3.63) is 51.8 Å². The van der Waals surface area contributed by atoms with E-state index in [1.54, 1.807) is 29.5 Å². The van der Waals surface area contributed by atoms with E-state index in [0.717, 1.165) is 61.1 Å². The van der Waals surface area contributed by atoms with Gasteiger partial charge < -0.3 is 14.5 Å². The summed E-state index contributed by atoms with van der Waals surface area (Å²) in [6, 6.07) is 5.09. The zero-order valence-electron chi connectivity index (χ0n) is 19.1. The number of likely N-dealkylation sites (N-methyl/N-ethyl adjacent to an activating group) is 1. The number of nitrogens with one attached hydrogen (secondary N) is 1. The maximum absolute atomic E-state index is 14.8. The molecule has 1 aromatic carbocycles. The number of thiazole rings is 1. The van der Waals surface area contributed by atoms with Gasteiger partial charge in [-0.3, -0.25) is 5.32 Å². The zero-order valence-corrected chi connectivity index (χ0v) is 19.9. The standard InChI is InChI=1S/C24H27FN6OS/c1-4-18-14-26-24(33-18)29-23-27-21(31-7-5-30(3)6-8-31)13-22(28-23)32-20-12-17-10-15(2)9-16(17)11-19(20)25/h10-14H,4-9H2,1-3H3,(H,26,27,28,29). The molecular weight excluding hydrogens is 439 g/mol. The van der Waals surface area contributed by atoms with Gasteiger partial charge in [0.15, 0.2) is 16.7 Å². The SMILES string of the molecule is CCc1cnc(Nc2nc(Oc3cc4c(cc3F)CC(C)=C4)cc(N3CCN(C)CC3)n2)s1. The summed E-state index contributed by atoms with van der Waals surface area (Å²) in [6.07, 6.45) is 5.61. The van der Waals surface area contributed by atoms with Gasteiger partial charge in [0.1, 0.15) is 5.82 Å². The highest BCUT2D eigenvalue weighted by molar-refractivity contribution is 7.15. The molecule has 0 spiro atoms. The molecule has 0 amide bonds. The van der Waals surface area contributed by atoms with Gasteiger partial charge >= 0.3 is 0 Å². The van der Waals surface area contributed by atoms with Crippen LogP contribution in [0.5, 0.6) is 11.6 Å². The summed E-state index contributed by atoms with van der Waals surface area (Å²) in [5, 5.41) is 3.92. The van der Waals surface area contributed by atoms with Crippen molar-refractivity contribution in [2.75, 3.05) is 43.4 Å². The van der Waals surface area contributed by atoms with E-state index in [1.165, 1.54) is 10.5 Å². The minimum Gasteiger partial charge on any atom is -0.436 e. The molecule has 2 aliphatic rings. The van der Waals surface area contributed by atoms with Gasteiger partial charge in [0.25, 0.3) is 0 Å². The van der Waals surface area contributed by atoms with Crippen molar-refractivity contribution in [2.45, 2.75) is 26.7 Å². The van der Waals surface area contributed by atoms with Crippen molar-refractivity contribution < 1.29 is 9.13 Å². The number of piperazine rings is 1. The highest BCUT2D eigenvalue weighted by Crippen LogP contribution is 2.34. The number of anilines is 3. The fourth-order valence-electron chi connectivity index (χ4n) is 4.05. The van der Waals surface area contributed by atoms with Gasteiger partial charge in [0.05, 0.1) is 0 Å². The maximum atomic E-state index is 14.8. The topological polar surface area (TPSA) is 66.4 Å². The number of benzene rings is 1. The van der Waals surface area contributed by atoms with E-state index in [0.29, 0.717) is 11.8 Å². The van der Waals surface area contributed by atoms with Crippen molar-refractivity contribution in [3.8, 4) is 11.6 Å². The van der Waals surface area contributed by atoms with Crippen molar-refractivity contribution in [2.24, 2.45) is 0 Å². The lowest BCUT2D eigenvalue weighted by Crippen LogP contribution is -2.44. The van der Waals surface area contributed by atoms with E-state index in [4.69, 9.17) is 9.72 Å². The molecule has 2 aromatic heterocycles. The Labute approximate surface area is 197 Å². The summed E-state index contributed by atoms with van der Waals surface area (Å²) in [4.78, 5) is 19.3. The number of nitrogens with zero attached hydrogens (tertiary/aromatic N) is 5. The van der Waals surface area contributed by atoms with Gasteiger partial charge in [-0.05, 0) is 50.1 Å². The number of hydrogen-bond acceptors (Lipinski definition) is 8. The summed E-state index contributed by atoms with van der Waals surface area (Å²) >= 11 is 1.57. The van der Waals surface area contributed by atoms with Gasteiger partial charge in [-0.15, -0.1) is 11.3 Å². The number of halogens is 1. The van der Waals surface area contributed by atoms with E-state index in [2.05, 4.69) is 45.1 Å². The molecule has 1 aliphatic carbocycles. The van der Waals surface area contributed by atoms with Crippen LogP contribution in [0.2, 0.25) is 0 Å². The van der Waals surface area contributed by atoms with Crippen LogP contribution in [-0.4, -0.2) is 53.1 Å². The smallest absolute Gasteiger partial charge is 0.234 e. The molecular formula is C24H27FN6OS. The first kappa shape index (κ1) is 21.8. The Balaban J connectivity index is 1.46. The lowest BCUT2D eigenvalue weighted by atomic mass is 10.1. The Hall–Kier alpha value is -3.04. The molecule has 0 atom stereocenters. The lowest BCUT2D eigenvalue weighted by Gasteiger charge is -2.33. The normalized spacial score (nSPS) is 16.0. The number of allylic oxidation sites excluding steroid dienone is 1. The van der Waals surface area contributed by atoms with Crippen molar-refractivity contribution in [3.63, 3.8) is 0 Å². The predicted molar refractivity (Wildman–Crippen MR) is 130 cm³/mol. The molecule has 7 nitrogen and oxygen atoms in total. The van der Waals surface area contributed by atoms with E-state index in [1.807, 2.05) is 13.1 Å². The second-order valence-corrected chi connectivity index (χ2v) is 9.65. The van der Waals surface area contributed by atoms with Crippen LogP contribution in [0.25, 0.3) is 6.08 Å². The number of aromatic nitrogens is 3. The quantitative estimate of drug-likeness (QED) is 0.555. The van der Waals surface area contributed by atoms with E-state index in [9.17, 15) is 4.39 Å². The molecule has 1 saturated heterocycles. The van der Waals surface area contributed by atoms with Crippen molar-refractivity contribution >= 4 is 34.3 Å². The number of fused-ring (bicyclic) bond motifs is 1. The monoisotopic (exact) mass is 466 g/mol. The minimum absolute atomic E-state index is 0.163. The Kier molecular flexibility index (Phi) is 5.99. The molecule has 9 heteroatoms. The first-order valence-corrected chi connectivity index (χ1v) is 12.0. The molecule has 0 radical (unpaired) electrons. The van der Waals surface area contributed by atoms with Gasteiger partial charge in [0.2, 0.25) is 11.8 Å². The Morgan fingerprint density at radius 2 is 1.97 bits per heavy atom. The summed E-state index contributed by atoms with van der Waals surface area (Å²) in [7, 11) is 2.11. The first-order valence-electron chi connectivity index (χ1n) is 11.2. The van der Waals surface area contributed by atoms with Crippen LogP contribution in [0, 0.1) is 5.82 Å². The second-order valence-electron chi connectivity index (χ2n) is 8.54. The Morgan fingerprint density at radius 3 is 2.73 bits per heavy atom. The van der Waals surface area contributed by atoms with Gasteiger partial charge in [-0.25, -0.2) is 9.37 Å². The molecule has 1 aliphatic heterocycles. The molecule has 0 saturated carbocycles. The molecule has 172 valence electrons. The Morgan fingerprint density at radius 1 is 1.15 bits per heavy atom. The van der Waals surface area contributed by atoms with Crippen LogP contribution in [0.4, 0.5) is 21.3 Å². The molecule has 3 heterocycles. The fraction of sp³-hybridized carbons (Fsp3) is 0.375. The van der Waals surface area contributed by atoms with E-state index < -0.39 is 5.82 Å². The lowest BCUT2D eigenvalue weighted by molar-refractivity contribution is 0.312. The molecule has 0 bridgehead atoms. The molecule has 1 fully saturated rings. The number of aryl methyl sites for hydroxylation is 1. The first-order chi connectivity index (χ1) is 16.0. The molecule has 0 unspecified atom stereocenters. The van der Waals surface area contributed by atoms with Crippen LogP contribution in [0.1, 0.15) is 29.9 Å². The average molecular weight is 467 g/mol. The number of rotatable bonds is 6. The van der Waals surface area contributed by atoms with Crippen LogP contribution in [-0.2, 0) is 12.8 Å². The third-order valence-corrected chi connectivity index (χ3v) is 6.97. The third kappa shape index (κ3) is 4.84. The summed E-state index contributed by atoms with van der Waals surface area (Å²) in [5.74, 6) is 1.21. The van der Waals surface area contributed by atoms with E-state index >= 15 is 0 Å². The number of ether oxygens (including phenoxy) is 1. The van der Waals surface area contributed by atoms with Gasteiger partial charge in [-0.2, -0.15) is 9.97 Å². The Bertz CT molecular complexity index is 1200. The van der Waals surface area contributed by atoms with Crippen molar-refractivity contribution in [1.29, 1.82) is 0 Å². The second kappa shape index (κ2) is 9.07. The largest absolute Gasteiger partial charge is 0.436 e. The van der Waals surface area contributed by atoms with Crippen LogP contribution >= 0.6 is 11.3 Å². The van der Waals surface area contributed by atoms with E-state index in [-0.39, 0.29) is 5.75 Å².